The highest BCUT2D eigenvalue weighted by atomic mass is 33.1. The van der Waals surface area contributed by atoms with Crippen molar-refractivity contribution in [3.63, 3.8) is 0 Å². The zero-order valence-electron chi connectivity index (χ0n) is 21.8. The molecule has 2 aromatic rings. The van der Waals surface area contributed by atoms with E-state index in [1.807, 2.05) is 48.5 Å². The van der Waals surface area contributed by atoms with Crippen LogP contribution in [0.25, 0.3) is 0 Å². The van der Waals surface area contributed by atoms with Gasteiger partial charge in [0.25, 0.3) is 11.8 Å². The summed E-state index contributed by atoms with van der Waals surface area (Å²) >= 11 is 0. The summed E-state index contributed by atoms with van der Waals surface area (Å²) in [5.74, 6) is 6.31. The van der Waals surface area contributed by atoms with Gasteiger partial charge in [0.05, 0.1) is 6.61 Å². The number of rotatable bonds is 13. The molecule has 0 N–H and O–H groups in total. The van der Waals surface area contributed by atoms with Gasteiger partial charge in [0.2, 0.25) is 0 Å². The first kappa shape index (κ1) is 29.5. The molecule has 2 amide bonds. The Bertz CT molecular complexity index is 1270. The van der Waals surface area contributed by atoms with E-state index in [4.69, 9.17) is 14.2 Å². The lowest BCUT2D eigenvalue weighted by Crippen LogP contribution is -2.32. The number of hydrogen-bond acceptors (Lipinski definition) is 10. The van der Waals surface area contributed by atoms with Crippen LogP contribution in [0.2, 0.25) is 0 Å². The van der Waals surface area contributed by atoms with E-state index in [-0.39, 0.29) is 31.8 Å². The van der Waals surface area contributed by atoms with Crippen LogP contribution in [0, 0.1) is 11.8 Å². The average molecular weight is 584 g/mol. The number of amides is 2. The maximum Gasteiger partial charge on any atom is 0.533 e. The molecule has 1 heterocycles. The fourth-order valence-electron chi connectivity index (χ4n) is 4.03. The summed E-state index contributed by atoms with van der Waals surface area (Å²) in [6.07, 6.45) is -0.0198. The van der Waals surface area contributed by atoms with Gasteiger partial charge in [-0.15, -0.1) is 0 Å². The second-order valence-corrected chi connectivity index (χ2v) is 11.5. The fourth-order valence-corrected chi connectivity index (χ4v) is 5.72. The number of carbonyl (C=O) groups excluding carboxylic acids is 4. The molecule has 2 aromatic carbocycles. The van der Waals surface area contributed by atoms with Crippen LogP contribution in [0.5, 0.6) is 0 Å². The molecule has 0 radical (unpaired) electrons. The van der Waals surface area contributed by atoms with Crippen molar-refractivity contribution in [3.8, 4) is 11.8 Å². The SMILES string of the molecule is O=C(CCCOCCSSCCOC(=O)ON1C(=O)CCC1=O)OC1Cc2ccccc2C#Cc2ccccc21. The number of ether oxygens (including phenoxy) is 3. The Balaban J connectivity index is 1.06. The molecule has 4 rings (SSSR count). The van der Waals surface area contributed by atoms with Crippen molar-refractivity contribution in [1.82, 2.24) is 5.06 Å². The number of fused-ring (bicyclic) bond motifs is 2. The van der Waals surface area contributed by atoms with Crippen LogP contribution < -0.4 is 0 Å². The van der Waals surface area contributed by atoms with Crippen molar-refractivity contribution in [2.24, 2.45) is 0 Å². The molecule has 1 aliphatic heterocycles. The van der Waals surface area contributed by atoms with Crippen LogP contribution in [0.1, 0.15) is 54.0 Å². The summed E-state index contributed by atoms with van der Waals surface area (Å²) in [7, 11) is 3.05. The molecular weight excluding hydrogens is 554 g/mol. The van der Waals surface area contributed by atoms with Crippen molar-refractivity contribution in [1.29, 1.82) is 0 Å². The minimum Gasteiger partial charge on any atom is -0.457 e. The summed E-state index contributed by atoms with van der Waals surface area (Å²) in [5, 5.41) is 0.451. The maximum absolute atomic E-state index is 12.6. The maximum atomic E-state index is 12.6. The van der Waals surface area contributed by atoms with Crippen molar-refractivity contribution < 1.29 is 38.2 Å². The first-order valence-corrected chi connectivity index (χ1v) is 15.4. The van der Waals surface area contributed by atoms with Gasteiger partial charge in [0, 0.05) is 60.5 Å². The number of hydroxylamine groups is 2. The zero-order chi connectivity index (χ0) is 28.2. The first-order valence-electron chi connectivity index (χ1n) is 12.9. The van der Waals surface area contributed by atoms with Crippen LogP contribution in [0.3, 0.4) is 0 Å². The topological polar surface area (TPSA) is 108 Å². The Morgan fingerprint density at radius 1 is 0.875 bits per heavy atom. The van der Waals surface area contributed by atoms with Gasteiger partial charge in [-0.05, 0) is 24.1 Å². The van der Waals surface area contributed by atoms with Crippen molar-refractivity contribution in [3.05, 3.63) is 70.8 Å². The van der Waals surface area contributed by atoms with Crippen molar-refractivity contribution in [2.45, 2.75) is 38.2 Å². The van der Waals surface area contributed by atoms with Gasteiger partial charge < -0.3 is 14.2 Å². The molecule has 0 spiro atoms. The normalized spacial score (nSPS) is 15.7. The third-order valence-electron chi connectivity index (χ3n) is 5.96. The van der Waals surface area contributed by atoms with Gasteiger partial charge in [0.1, 0.15) is 12.7 Å². The van der Waals surface area contributed by atoms with Crippen LogP contribution >= 0.6 is 21.6 Å². The number of carbonyl (C=O) groups is 4. The summed E-state index contributed by atoms with van der Waals surface area (Å²) in [6.45, 7) is 1.04. The summed E-state index contributed by atoms with van der Waals surface area (Å²) in [5.41, 5.74) is 3.80. The number of hydrogen-bond donors (Lipinski definition) is 0. The molecule has 1 aliphatic carbocycles. The van der Waals surface area contributed by atoms with E-state index in [1.54, 1.807) is 10.8 Å². The Kier molecular flexibility index (Phi) is 11.3. The van der Waals surface area contributed by atoms with Gasteiger partial charge in [-0.3, -0.25) is 19.2 Å². The molecule has 0 bridgehead atoms. The second kappa shape index (κ2) is 15.4. The minimum absolute atomic E-state index is 0.0334. The van der Waals surface area contributed by atoms with Gasteiger partial charge in [-0.25, -0.2) is 4.79 Å². The number of imide groups is 1. The first-order chi connectivity index (χ1) is 19.5. The van der Waals surface area contributed by atoms with E-state index in [2.05, 4.69) is 16.7 Å². The fraction of sp³-hybridized carbons (Fsp3) is 0.379. The van der Waals surface area contributed by atoms with E-state index in [1.165, 1.54) is 10.8 Å². The van der Waals surface area contributed by atoms with Gasteiger partial charge in [0.15, 0.2) is 0 Å². The molecule has 1 saturated heterocycles. The van der Waals surface area contributed by atoms with E-state index in [0.717, 1.165) is 28.0 Å². The Hall–Kier alpha value is -3.46. The molecule has 0 aromatic heterocycles. The summed E-state index contributed by atoms with van der Waals surface area (Å²) in [6, 6.07) is 15.7. The number of esters is 1. The lowest BCUT2D eigenvalue weighted by atomic mass is 9.92. The van der Waals surface area contributed by atoms with Crippen LogP contribution in [0.15, 0.2) is 48.5 Å². The smallest absolute Gasteiger partial charge is 0.457 e. The van der Waals surface area contributed by atoms with Gasteiger partial charge >= 0.3 is 12.1 Å². The van der Waals surface area contributed by atoms with E-state index in [0.29, 0.717) is 36.9 Å². The van der Waals surface area contributed by atoms with Crippen LogP contribution in [0.4, 0.5) is 4.79 Å². The minimum atomic E-state index is -1.08. The van der Waals surface area contributed by atoms with Crippen LogP contribution in [-0.2, 0) is 39.9 Å². The predicted molar refractivity (Wildman–Crippen MR) is 150 cm³/mol. The number of nitrogens with zero attached hydrogens (tertiary/aromatic N) is 1. The third kappa shape index (κ3) is 8.78. The summed E-state index contributed by atoms with van der Waals surface area (Å²) < 4.78 is 16.4. The zero-order valence-corrected chi connectivity index (χ0v) is 23.4. The van der Waals surface area contributed by atoms with E-state index < -0.39 is 24.1 Å². The number of benzene rings is 2. The second-order valence-electron chi connectivity index (χ2n) is 8.81. The largest absolute Gasteiger partial charge is 0.533 e. The molecule has 1 unspecified atom stereocenters. The van der Waals surface area contributed by atoms with E-state index in [9.17, 15) is 19.2 Å². The summed E-state index contributed by atoms with van der Waals surface area (Å²) in [4.78, 5) is 51.6. The molecule has 2 aliphatic rings. The van der Waals surface area contributed by atoms with Gasteiger partial charge in [-0.1, -0.05) is 74.9 Å². The monoisotopic (exact) mass is 583 g/mol. The Morgan fingerprint density at radius 2 is 1.55 bits per heavy atom. The highest BCUT2D eigenvalue weighted by molar-refractivity contribution is 8.76. The molecule has 1 fully saturated rings. The molecule has 1 atom stereocenters. The van der Waals surface area contributed by atoms with E-state index >= 15 is 0 Å². The molecular formula is C29H29NO8S2. The van der Waals surface area contributed by atoms with Gasteiger partial charge in [-0.2, -0.15) is 0 Å². The van der Waals surface area contributed by atoms with Crippen LogP contribution in [-0.4, -0.2) is 60.3 Å². The molecule has 11 heteroatoms. The lowest BCUT2D eigenvalue weighted by Gasteiger charge is -2.22. The molecule has 210 valence electrons. The van der Waals surface area contributed by atoms with Crippen molar-refractivity contribution in [2.75, 3.05) is 31.3 Å². The Morgan fingerprint density at radius 3 is 2.35 bits per heavy atom. The predicted octanol–water partition coefficient (Wildman–Crippen LogP) is 4.62. The lowest BCUT2D eigenvalue weighted by molar-refractivity contribution is -0.176. The van der Waals surface area contributed by atoms with Crippen molar-refractivity contribution >= 4 is 45.5 Å². The highest BCUT2D eigenvalue weighted by Crippen LogP contribution is 2.29. The molecule has 0 saturated carbocycles. The standard InChI is InChI=1S/C29H29NO8S2/c31-26-13-14-27(32)30(26)38-29(34)36-17-19-40-39-18-16-35-15-5-10-28(33)37-25-20-23-8-2-1-6-21(23)11-12-22-7-3-4-9-24(22)25/h1-4,6-9,25H,5,10,13-20H2. The third-order valence-corrected chi connectivity index (χ3v) is 8.29. The average Bonchev–Trinajstić information content (AvgIpc) is 3.26. The quantitative estimate of drug-likeness (QED) is 0.109. The Labute approximate surface area is 240 Å². The molecule has 9 nitrogen and oxygen atoms in total. The highest BCUT2D eigenvalue weighted by Gasteiger charge is 2.33. The molecule has 40 heavy (non-hydrogen) atoms.